The van der Waals surface area contributed by atoms with Crippen LogP contribution in [0.2, 0.25) is 0 Å². The van der Waals surface area contributed by atoms with Gasteiger partial charge in [0.15, 0.2) is 0 Å². The maximum absolute atomic E-state index is 12.7. The van der Waals surface area contributed by atoms with E-state index >= 15 is 0 Å². The average Bonchev–Trinajstić information content (AvgIpc) is 2.87. The fourth-order valence-corrected chi connectivity index (χ4v) is 2.86. The number of benzene rings is 1. The lowest BCUT2D eigenvalue weighted by Crippen LogP contribution is -2.36. The summed E-state index contributed by atoms with van der Waals surface area (Å²) in [5.74, 6) is -0.430. The number of aryl methyl sites for hydroxylation is 3. The molecule has 1 amide bonds. The van der Waals surface area contributed by atoms with Crippen molar-refractivity contribution in [1.29, 1.82) is 0 Å². The van der Waals surface area contributed by atoms with Crippen molar-refractivity contribution in [3.63, 3.8) is 0 Å². The Morgan fingerprint density at radius 1 is 1.41 bits per heavy atom. The Hall–Kier alpha value is -2.70. The van der Waals surface area contributed by atoms with Crippen LogP contribution >= 0.6 is 0 Å². The molecule has 2 aromatic rings. The average molecular weight is 300 g/mol. The van der Waals surface area contributed by atoms with Crippen LogP contribution in [-0.2, 0) is 6.42 Å². The van der Waals surface area contributed by atoms with Crippen molar-refractivity contribution >= 4 is 17.3 Å². The van der Waals surface area contributed by atoms with E-state index in [2.05, 4.69) is 16.3 Å². The van der Waals surface area contributed by atoms with Crippen LogP contribution < -0.4 is 4.90 Å². The predicted octanol–water partition coefficient (Wildman–Crippen LogP) is 2.53. The summed E-state index contributed by atoms with van der Waals surface area (Å²) in [5.41, 5.74) is 2.95. The molecule has 0 saturated carbocycles. The first-order valence-electron chi connectivity index (χ1n) is 7.10. The summed E-state index contributed by atoms with van der Waals surface area (Å²) in [7, 11) is 0. The first-order chi connectivity index (χ1) is 10.5. The number of rotatable bonds is 2. The van der Waals surface area contributed by atoms with Gasteiger partial charge in [-0.15, -0.1) is 0 Å². The Morgan fingerprint density at radius 3 is 2.91 bits per heavy atom. The fraction of sp³-hybridized carbons (Fsp3) is 0.333. The molecule has 1 aromatic carbocycles. The van der Waals surface area contributed by atoms with Gasteiger partial charge in [-0.1, -0.05) is 17.7 Å². The SMILES string of the molecule is Cc1ccc2c(c1)CCCN2C(=O)c1n[nH]c(C)c1[N+](=O)[O-]. The summed E-state index contributed by atoms with van der Waals surface area (Å²) in [6.07, 6.45) is 1.74. The van der Waals surface area contributed by atoms with Crippen LogP contribution in [0.25, 0.3) is 0 Å². The van der Waals surface area contributed by atoms with E-state index in [9.17, 15) is 14.9 Å². The molecular weight excluding hydrogens is 284 g/mol. The van der Waals surface area contributed by atoms with E-state index in [0.717, 1.165) is 29.7 Å². The number of carbonyl (C=O) groups excluding carboxylic acids is 1. The number of carbonyl (C=O) groups is 1. The highest BCUT2D eigenvalue weighted by Gasteiger charge is 2.32. The van der Waals surface area contributed by atoms with Gasteiger partial charge in [-0.3, -0.25) is 20.0 Å². The molecule has 0 saturated heterocycles. The van der Waals surface area contributed by atoms with Crippen molar-refractivity contribution in [3.05, 3.63) is 50.8 Å². The normalized spacial score (nSPS) is 13.8. The van der Waals surface area contributed by atoms with Gasteiger partial charge in [0, 0.05) is 12.2 Å². The summed E-state index contributed by atoms with van der Waals surface area (Å²) >= 11 is 0. The van der Waals surface area contributed by atoms with E-state index in [1.165, 1.54) is 6.92 Å². The number of hydrogen-bond acceptors (Lipinski definition) is 4. The summed E-state index contributed by atoms with van der Waals surface area (Å²) in [5, 5.41) is 17.5. The summed E-state index contributed by atoms with van der Waals surface area (Å²) in [6.45, 7) is 4.08. The maximum Gasteiger partial charge on any atom is 0.322 e. The van der Waals surface area contributed by atoms with Crippen molar-refractivity contribution in [1.82, 2.24) is 10.2 Å². The molecule has 0 unspecified atom stereocenters. The molecule has 0 atom stereocenters. The van der Waals surface area contributed by atoms with E-state index in [-0.39, 0.29) is 17.1 Å². The van der Waals surface area contributed by atoms with Crippen molar-refractivity contribution in [2.75, 3.05) is 11.4 Å². The smallest absolute Gasteiger partial charge is 0.306 e. The number of nitro groups is 1. The molecule has 114 valence electrons. The van der Waals surface area contributed by atoms with Gasteiger partial charge in [-0.25, -0.2) is 0 Å². The lowest BCUT2D eigenvalue weighted by atomic mass is 9.99. The molecule has 0 spiro atoms. The van der Waals surface area contributed by atoms with Crippen LogP contribution in [0.15, 0.2) is 18.2 Å². The minimum Gasteiger partial charge on any atom is -0.306 e. The van der Waals surface area contributed by atoms with Gasteiger partial charge in [0.1, 0.15) is 5.69 Å². The molecule has 3 rings (SSSR count). The second-order valence-corrected chi connectivity index (χ2v) is 5.50. The third-order valence-electron chi connectivity index (χ3n) is 3.90. The summed E-state index contributed by atoms with van der Waals surface area (Å²) < 4.78 is 0. The lowest BCUT2D eigenvalue weighted by molar-refractivity contribution is -0.385. The maximum atomic E-state index is 12.7. The molecule has 7 nitrogen and oxygen atoms in total. The zero-order valence-electron chi connectivity index (χ0n) is 12.4. The summed E-state index contributed by atoms with van der Waals surface area (Å²) in [4.78, 5) is 24.9. The van der Waals surface area contributed by atoms with Crippen LogP contribution in [0.1, 0.15) is 33.7 Å². The number of aromatic nitrogens is 2. The Morgan fingerprint density at radius 2 is 2.18 bits per heavy atom. The van der Waals surface area contributed by atoms with Crippen LogP contribution in [0.5, 0.6) is 0 Å². The first-order valence-corrected chi connectivity index (χ1v) is 7.10. The number of nitrogens with zero attached hydrogens (tertiary/aromatic N) is 3. The number of fused-ring (bicyclic) bond motifs is 1. The molecule has 1 aromatic heterocycles. The minimum absolute atomic E-state index is 0.129. The molecule has 1 aliphatic rings. The van der Waals surface area contributed by atoms with Crippen LogP contribution in [0.3, 0.4) is 0 Å². The van der Waals surface area contributed by atoms with Crippen molar-refractivity contribution in [3.8, 4) is 0 Å². The second-order valence-electron chi connectivity index (χ2n) is 5.50. The van der Waals surface area contributed by atoms with Gasteiger partial charge in [-0.05, 0) is 38.3 Å². The molecule has 0 bridgehead atoms. The minimum atomic E-state index is -0.563. The molecule has 1 N–H and O–H groups in total. The topological polar surface area (TPSA) is 92.1 Å². The van der Waals surface area contributed by atoms with Crippen molar-refractivity contribution in [2.45, 2.75) is 26.7 Å². The first kappa shape index (κ1) is 14.2. The molecule has 2 heterocycles. The van der Waals surface area contributed by atoms with Gasteiger partial charge in [-0.2, -0.15) is 5.10 Å². The fourth-order valence-electron chi connectivity index (χ4n) is 2.86. The zero-order chi connectivity index (χ0) is 15.9. The Kier molecular flexibility index (Phi) is 3.40. The van der Waals surface area contributed by atoms with Crippen LogP contribution in [0.4, 0.5) is 11.4 Å². The van der Waals surface area contributed by atoms with Crippen molar-refractivity contribution < 1.29 is 9.72 Å². The van der Waals surface area contributed by atoms with Gasteiger partial charge >= 0.3 is 5.69 Å². The van der Waals surface area contributed by atoms with E-state index in [1.807, 2.05) is 19.1 Å². The predicted molar refractivity (Wildman–Crippen MR) is 81.2 cm³/mol. The van der Waals surface area contributed by atoms with E-state index in [0.29, 0.717) is 6.54 Å². The highest BCUT2D eigenvalue weighted by Crippen LogP contribution is 2.31. The third-order valence-corrected chi connectivity index (χ3v) is 3.90. The second kappa shape index (κ2) is 5.25. The monoisotopic (exact) mass is 300 g/mol. The van der Waals surface area contributed by atoms with Gasteiger partial charge in [0.25, 0.3) is 5.91 Å². The highest BCUT2D eigenvalue weighted by atomic mass is 16.6. The number of H-pyrrole nitrogens is 1. The molecule has 0 aliphatic carbocycles. The lowest BCUT2D eigenvalue weighted by Gasteiger charge is -2.29. The van der Waals surface area contributed by atoms with Gasteiger partial charge in [0.05, 0.1) is 4.92 Å². The van der Waals surface area contributed by atoms with Gasteiger partial charge in [0.2, 0.25) is 5.69 Å². The third kappa shape index (κ3) is 2.24. The summed E-state index contributed by atoms with van der Waals surface area (Å²) in [6, 6.07) is 5.89. The van der Waals surface area contributed by atoms with E-state index in [1.54, 1.807) is 4.90 Å². The number of hydrogen-bond donors (Lipinski definition) is 1. The molecule has 0 fully saturated rings. The van der Waals surface area contributed by atoms with Gasteiger partial charge < -0.3 is 4.90 Å². The molecule has 1 aliphatic heterocycles. The quantitative estimate of drug-likeness (QED) is 0.681. The molecular formula is C15H16N4O3. The number of anilines is 1. The number of nitrogens with one attached hydrogen (secondary N) is 1. The molecule has 7 heteroatoms. The highest BCUT2D eigenvalue weighted by molar-refractivity contribution is 6.08. The molecule has 0 radical (unpaired) electrons. The van der Waals surface area contributed by atoms with Crippen molar-refractivity contribution in [2.24, 2.45) is 0 Å². The van der Waals surface area contributed by atoms with E-state index < -0.39 is 10.8 Å². The largest absolute Gasteiger partial charge is 0.322 e. The van der Waals surface area contributed by atoms with E-state index in [4.69, 9.17) is 0 Å². The van der Waals surface area contributed by atoms with Crippen LogP contribution in [0, 0.1) is 24.0 Å². The zero-order valence-corrected chi connectivity index (χ0v) is 12.4. The van der Waals surface area contributed by atoms with Crippen LogP contribution in [-0.4, -0.2) is 27.6 Å². The standard InChI is InChI=1S/C15H16N4O3/c1-9-5-6-12-11(8-9)4-3-7-18(12)15(20)13-14(19(21)22)10(2)16-17-13/h5-6,8H,3-4,7H2,1-2H3,(H,16,17). The Bertz CT molecular complexity index is 766. The number of amides is 1. The Labute approximate surface area is 127 Å². The Balaban J connectivity index is 2.03. The molecule has 22 heavy (non-hydrogen) atoms. The number of aromatic amines is 1.